The van der Waals surface area contributed by atoms with Gasteiger partial charge in [0.05, 0.1) is 5.56 Å². The topological polar surface area (TPSA) is 305 Å². The van der Waals surface area contributed by atoms with Crippen molar-refractivity contribution in [3.63, 3.8) is 0 Å². The van der Waals surface area contributed by atoms with Crippen LogP contribution in [0, 0.1) is 0 Å². The summed E-state index contributed by atoms with van der Waals surface area (Å²) in [5.74, 6) is -6.83. The fourth-order valence-corrected chi connectivity index (χ4v) is 7.90. The van der Waals surface area contributed by atoms with Crippen LogP contribution >= 0.6 is 34.9 Å². The van der Waals surface area contributed by atoms with Crippen LogP contribution in [0.15, 0.2) is 51.4 Å². The van der Waals surface area contributed by atoms with Gasteiger partial charge in [-0.2, -0.15) is 14.6 Å². The first kappa shape index (κ1) is 33.9. The number of phenols is 2. The van der Waals surface area contributed by atoms with Crippen molar-refractivity contribution in [3.05, 3.63) is 63.7 Å². The van der Waals surface area contributed by atoms with Crippen LogP contribution in [-0.4, -0.2) is 113 Å². The van der Waals surface area contributed by atoms with Crippen LogP contribution in [0.25, 0.3) is 5.78 Å². The van der Waals surface area contributed by atoms with Crippen molar-refractivity contribution in [2.45, 2.75) is 23.0 Å². The maximum Gasteiger partial charge on any atom is 0.354 e. The van der Waals surface area contributed by atoms with Gasteiger partial charge in [-0.1, -0.05) is 5.16 Å². The number of hydrogen-bond donors (Lipinski definition) is 7. The molecule has 3 aromatic heterocycles. The molecule has 20 nitrogen and oxygen atoms in total. The molecule has 0 bridgehead atoms. The van der Waals surface area contributed by atoms with E-state index in [0.717, 1.165) is 40.1 Å². The molecule has 258 valence electrons. The number of nitrogens with two attached hydrogens (primary N) is 1. The van der Waals surface area contributed by atoms with E-state index < -0.39 is 70.5 Å². The Morgan fingerprint density at radius 1 is 1.06 bits per heavy atom. The zero-order chi connectivity index (χ0) is 35.9. The van der Waals surface area contributed by atoms with Gasteiger partial charge < -0.3 is 41.4 Å². The molecule has 0 unspecified atom stereocenters. The van der Waals surface area contributed by atoms with E-state index in [4.69, 9.17) is 10.6 Å². The number of carbonyl (C=O) groups excluding carboxylic acids is 2. The summed E-state index contributed by atoms with van der Waals surface area (Å²) in [6.45, 7) is -0.562. The number of rotatable bonds is 12. The van der Waals surface area contributed by atoms with Crippen molar-refractivity contribution in [2.75, 3.05) is 17.2 Å². The Morgan fingerprint density at radius 2 is 1.82 bits per heavy atom. The number of oxime groups is 1. The Hall–Kier alpha value is -5.94. The molecule has 2 aliphatic rings. The van der Waals surface area contributed by atoms with Crippen LogP contribution < -0.4 is 11.1 Å². The second-order valence-electron chi connectivity index (χ2n) is 10.3. The number of carboxylic acids is 3. The first-order chi connectivity index (χ1) is 23.8. The van der Waals surface area contributed by atoms with Gasteiger partial charge in [-0.25, -0.2) is 24.4 Å². The zero-order valence-corrected chi connectivity index (χ0v) is 27.2. The molecule has 0 radical (unpaired) electrons. The smallest absolute Gasteiger partial charge is 0.354 e. The summed E-state index contributed by atoms with van der Waals surface area (Å²) >= 11 is 3.24. The molecule has 2 aliphatic heterocycles. The van der Waals surface area contributed by atoms with Crippen LogP contribution in [0.5, 0.6) is 11.5 Å². The summed E-state index contributed by atoms with van der Waals surface area (Å²) in [7, 11) is 0. The number of thiazole rings is 1. The molecule has 50 heavy (non-hydrogen) atoms. The molecular formula is C27H21N9O11S3. The Balaban J connectivity index is 1.19. The molecule has 2 amide bonds. The molecule has 1 saturated heterocycles. The zero-order valence-electron chi connectivity index (χ0n) is 24.8. The van der Waals surface area contributed by atoms with Crippen LogP contribution in [0.1, 0.15) is 32.1 Å². The Labute approximate surface area is 290 Å². The second-order valence-corrected chi connectivity index (χ2v) is 13.2. The normalized spacial score (nSPS) is 17.3. The van der Waals surface area contributed by atoms with Gasteiger partial charge in [0.15, 0.2) is 28.0 Å². The highest BCUT2D eigenvalue weighted by Crippen LogP contribution is 2.41. The third-order valence-corrected chi connectivity index (χ3v) is 10.2. The number of carboxylic acid groups (broad SMARTS) is 3. The number of aromatic hydroxyl groups is 2. The van der Waals surface area contributed by atoms with Crippen LogP contribution in [0.2, 0.25) is 0 Å². The molecule has 1 aromatic carbocycles. The van der Waals surface area contributed by atoms with E-state index in [-0.39, 0.29) is 45.1 Å². The van der Waals surface area contributed by atoms with E-state index in [1.807, 2.05) is 0 Å². The average Bonchev–Trinajstić information content (AvgIpc) is 3.74. The minimum Gasteiger partial charge on any atom is -0.504 e. The number of amides is 2. The lowest BCUT2D eigenvalue weighted by Crippen LogP contribution is -2.71. The SMILES string of the molecule is Nc1nc(/C(=N/OCc2cc(O)c(O)cc2C(=O)O)C(=O)N[C@@H]2C(=O)N3C(C(=O)O)=C(CSc4cc(C(=O)O)nc5ncnn45)CS[C@H]23)cs1. The van der Waals surface area contributed by atoms with E-state index in [9.17, 15) is 49.5 Å². The van der Waals surface area contributed by atoms with Crippen molar-refractivity contribution in [2.24, 2.45) is 5.16 Å². The largest absolute Gasteiger partial charge is 0.504 e. The molecule has 0 spiro atoms. The number of hydrogen-bond acceptors (Lipinski definition) is 17. The van der Waals surface area contributed by atoms with Gasteiger partial charge in [-0.05, 0) is 17.7 Å². The van der Waals surface area contributed by atoms with Gasteiger partial charge in [0.2, 0.25) is 0 Å². The van der Waals surface area contributed by atoms with Crippen molar-refractivity contribution in [1.82, 2.24) is 34.8 Å². The molecule has 5 heterocycles. The second kappa shape index (κ2) is 13.5. The lowest BCUT2D eigenvalue weighted by Gasteiger charge is -2.49. The number of nitrogen functional groups attached to an aromatic ring is 1. The Bertz CT molecular complexity index is 2170. The van der Waals surface area contributed by atoms with E-state index in [2.05, 4.69) is 30.5 Å². The number of carbonyl (C=O) groups is 5. The number of aliphatic carboxylic acids is 1. The highest BCUT2D eigenvalue weighted by molar-refractivity contribution is 8.01. The summed E-state index contributed by atoms with van der Waals surface area (Å²) in [6.07, 6.45) is 1.19. The maximum atomic E-state index is 13.5. The highest BCUT2D eigenvalue weighted by Gasteiger charge is 2.54. The van der Waals surface area contributed by atoms with Crippen molar-refractivity contribution in [3.8, 4) is 11.5 Å². The summed E-state index contributed by atoms with van der Waals surface area (Å²) in [6, 6.07) is 1.86. The molecule has 1 fully saturated rings. The summed E-state index contributed by atoms with van der Waals surface area (Å²) in [4.78, 5) is 80.5. The number of phenolic OH excluding ortho intramolecular Hbond substituents is 2. The molecule has 2 atom stereocenters. The average molecular weight is 744 g/mol. The van der Waals surface area contributed by atoms with Gasteiger partial charge in [-0.15, -0.1) is 34.9 Å². The number of aromatic nitrogens is 5. The highest BCUT2D eigenvalue weighted by atomic mass is 32.2. The van der Waals surface area contributed by atoms with E-state index in [0.29, 0.717) is 10.6 Å². The maximum absolute atomic E-state index is 13.5. The number of aromatic carboxylic acids is 2. The van der Waals surface area contributed by atoms with Crippen LogP contribution in [-0.2, 0) is 25.8 Å². The number of nitrogens with one attached hydrogen (secondary N) is 1. The van der Waals surface area contributed by atoms with Gasteiger partial charge >= 0.3 is 17.9 Å². The standard InChI is InChI=1S/C27H21N9O11S3/c28-26-31-13(7-50-26)17(34-47-4-9-1-14(37)15(38)2-11(9)23(41)42)20(39)33-18-21(40)35-19(25(45)46)10(6-49-22(18)35)5-48-16-3-12(24(43)44)32-27-29-8-30-36(16)27/h1-3,7-8,18,22,37-38H,4-6H2,(H2,28,31)(H,33,39)(H,41,42)(H,43,44)(H,45,46)/b34-17-/t18-,22-/m1/s1. The lowest BCUT2D eigenvalue weighted by atomic mass is 10.0. The monoisotopic (exact) mass is 743 g/mol. The molecule has 23 heteroatoms. The number of thioether (sulfide) groups is 2. The molecule has 0 aliphatic carbocycles. The summed E-state index contributed by atoms with van der Waals surface area (Å²) in [5, 5.41) is 59.8. The van der Waals surface area contributed by atoms with Crippen molar-refractivity contribution >= 4 is 81.2 Å². The molecular weight excluding hydrogens is 723 g/mol. The fourth-order valence-electron chi connectivity index (χ4n) is 4.87. The summed E-state index contributed by atoms with van der Waals surface area (Å²) < 4.78 is 1.30. The predicted octanol–water partition coefficient (Wildman–Crippen LogP) is 0.422. The number of β-lactam (4-membered cyclic amide) rings is 1. The van der Waals surface area contributed by atoms with Crippen molar-refractivity contribution in [1.29, 1.82) is 0 Å². The third-order valence-electron chi connectivity index (χ3n) is 7.16. The van der Waals surface area contributed by atoms with Gasteiger partial charge in [-0.3, -0.25) is 14.5 Å². The number of benzene rings is 1. The Kier molecular flexibility index (Phi) is 9.18. The molecule has 8 N–H and O–H groups in total. The fraction of sp³-hybridized carbons (Fsp3) is 0.185. The van der Waals surface area contributed by atoms with Gasteiger partial charge in [0.1, 0.15) is 40.8 Å². The minimum absolute atomic E-state index is 0.0349. The molecule has 4 aromatic rings. The van der Waals surface area contributed by atoms with Crippen molar-refractivity contribution < 1.29 is 54.3 Å². The number of nitrogens with zero attached hydrogens (tertiary/aromatic N) is 7. The third kappa shape index (κ3) is 6.42. The van der Waals surface area contributed by atoms with E-state index in [1.165, 1.54) is 34.1 Å². The predicted molar refractivity (Wildman–Crippen MR) is 173 cm³/mol. The van der Waals surface area contributed by atoms with Crippen LogP contribution in [0.4, 0.5) is 5.13 Å². The quantitative estimate of drug-likeness (QED) is 0.0258. The number of anilines is 1. The first-order valence-corrected chi connectivity index (χ1v) is 16.7. The number of fused-ring (bicyclic) bond motifs is 2. The van der Waals surface area contributed by atoms with E-state index >= 15 is 0 Å². The minimum atomic E-state index is -1.43. The molecule has 0 saturated carbocycles. The van der Waals surface area contributed by atoms with Gasteiger partial charge in [0.25, 0.3) is 17.6 Å². The summed E-state index contributed by atoms with van der Waals surface area (Å²) in [5.41, 5.74) is 4.57. The molecule has 6 rings (SSSR count). The lowest BCUT2D eigenvalue weighted by molar-refractivity contribution is -0.150. The Morgan fingerprint density at radius 3 is 2.50 bits per heavy atom. The van der Waals surface area contributed by atoms with Crippen LogP contribution in [0.3, 0.4) is 0 Å². The van der Waals surface area contributed by atoms with Gasteiger partial charge in [0, 0.05) is 28.5 Å². The van der Waals surface area contributed by atoms with E-state index in [1.54, 1.807) is 0 Å². The first-order valence-electron chi connectivity index (χ1n) is 13.8.